The van der Waals surface area contributed by atoms with E-state index in [0.717, 1.165) is 12.8 Å². The fourth-order valence-corrected chi connectivity index (χ4v) is 2.07. The highest BCUT2D eigenvalue weighted by atomic mass is 16.4. The third-order valence-corrected chi connectivity index (χ3v) is 3.07. The molecule has 2 N–H and O–H groups in total. The highest BCUT2D eigenvalue weighted by molar-refractivity contribution is 5.90. The summed E-state index contributed by atoms with van der Waals surface area (Å²) in [7, 11) is 0. The van der Waals surface area contributed by atoms with Crippen molar-refractivity contribution in [1.29, 1.82) is 0 Å². The molecule has 0 aromatic carbocycles. The van der Waals surface area contributed by atoms with Crippen LogP contribution in [0.1, 0.15) is 39.5 Å². The van der Waals surface area contributed by atoms with Crippen molar-refractivity contribution >= 4 is 17.8 Å². The number of hydrogen-bond acceptors (Lipinski definition) is 3. The Morgan fingerprint density at radius 1 is 1.44 bits per heavy atom. The number of carboxylic acids is 1. The number of nitrogens with zero attached hydrogens (tertiary/aromatic N) is 1. The molecule has 0 bridgehead atoms. The molecule has 1 aliphatic heterocycles. The quantitative estimate of drug-likeness (QED) is 0.744. The molecule has 0 aliphatic carbocycles. The Bertz CT molecular complexity index is 343. The summed E-state index contributed by atoms with van der Waals surface area (Å²) in [5, 5.41) is 11.2. The number of hydrogen-bond donors (Lipinski definition) is 2. The third-order valence-electron chi connectivity index (χ3n) is 3.07. The van der Waals surface area contributed by atoms with Crippen LogP contribution < -0.4 is 5.32 Å². The fraction of sp³-hybridized carbons (Fsp3) is 0.750. The Kier molecular flexibility index (Phi) is 5.12. The summed E-state index contributed by atoms with van der Waals surface area (Å²) in [6.07, 6.45) is 2.57. The van der Waals surface area contributed by atoms with E-state index in [0.29, 0.717) is 19.4 Å². The van der Waals surface area contributed by atoms with Gasteiger partial charge in [-0.2, -0.15) is 0 Å². The summed E-state index contributed by atoms with van der Waals surface area (Å²) in [6, 6.07) is -1.44. The van der Waals surface area contributed by atoms with Crippen LogP contribution in [0.25, 0.3) is 0 Å². The molecule has 1 heterocycles. The number of aliphatic carboxylic acids is 1. The lowest BCUT2D eigenvalue weighted by Gasteiger charge is -2.24. The minimum absolute atomic E-state index is 0.0295. The summed E-state index contributed by atoms with van der Waals surface area (Å²) in [6.45, 7) is 3.90. The summed E-state index contributed by atoms with van der Waals surface area (Å²) >= 11 is 0. The molecule has 6 heteroatoms. The average Bonchev–Trinajstić information content (AvgIpc) is 2.77. The Balaban J connectivity index is 2.61. The predicted octanol–water partition coefficient (Wildman–Crippen LogP) is 0.367. The molecule has 0 radical (unpaired) electrons. The molecule has 1 fully saturated rings. The standard InChI is InChI=1S/C12H20N2O4/c1-3-5-10(15)14-7-4-6-9(14)11(16)13-8(2)12(17)18/h8-9H,3-7H2,1-2H3,(H,13,16)(H,17,18). The molecule has 0 aromatic heterocycles. The first-order valence-corrected chi connectivity index (χ1v) is 6.30. The first-order valence-electron chi connectivity index (χ1n) is 6.30. The maximum absolute atomic E-state index is 11.9. The SMILES string of the molecule is CCCC(=O)N1CCCC1C(=O)NC(C)C(=O)O. The van der Waals surface area contributed by atoms with Gasteiger partial charge in [0.1, 0.15) is 12.1 Å². The number of likely N-dealkylation sites (tertiary alicyclic amines) is 1. The van der Waals surface area contributed by atoms with E-state index in [1.807, 2.05) is 6.92 Å². The van der Waals surface area contributed by atoms with E-state index in [1.165, 1.54) is 6.92 Å². The molecule has 0 aromatic rings. The molecule has 0 saturated carbocycles. The predicted molar refractivity (Wildman–Crippen MR) is 64.9 cm³/mol. The molecule has 1 saturated heterocycles. The largest absolute Gasteiger partial charge is 0.480 e. The van der Waals surface area contributed by atoms with Gasteiger partial charge in [0.25, 0.3) is 0 Å². The van der Waals surface area contributed by atoms with Crippen LogP contribution in [0, 0.1) is 0 Å². The number of rotatable bonds is 5. The molecule has 2 unspecified atom stereocenters. The maximum atomic E-state index is 11.9. The van der Waals surface area contributed by atoms with Crippen LogP contribution in [-0.2, 0) is 14.4 Å². The van der Waals surface area contributed by atoms with E-state index in [4.69, 9.17) is 5.11 Å². The van der Waals surface area contributed by atoms with Gasteiger partial charge in [0, 0.05) is 13.0 Å². The van der Waals surface area contributed by atoms with Crippen LogP contribution in [0.15, 0.2) is 0 Å². The molecule has 1 aliphatic rings. The zero-order valence-corrected chi connectivity index (χ0v) is 10.8. The molecule has 2 amide bonds. The Labute approximate surface area is 106 Å². The minimum atomic E-state index is -1.08. The van der Waals surface area contributed by atoms with Gasteiger partial charge in [-0.25, -0.2) is 0 Å². The van der Waals surface area contributed by atoms with Gasteiger partial charge in [-0.1, -0.05) is 6.92 Å². The monoisotopic (exact) mass is 256 g/mol. The molecule has 18 heavy (non-hydrogen) atoms. The highest BCUT2D eigenvalue weighted by Crippen LogP contribution is 2.19. The second kappa shape index (κ2) is 6.37. The van der Waals surface area contributed by atoms with E-state index in [9.17, 15) is 14.4 Å². The third kappa shape index (κ3) is 3.45. The smallest absolute Gasteiger partial charge is 0.325 e. The van der Waals surface area contributed by atoms with Gasteiger partial charge < -0.3 is 15.3 Å². The lowest BCUT2D eigenvalue weighted by Crippen LogP contribution is -2.49. The highest BCUT2D eigenvalue weighted by Gasteiger charge is 2.34. The molecular weight excluding hydrogens is 236 g/mol. The van der Waals surface area contributed by atoms with Crippen molar-refractivity contribution in [3.05, 3.63) is 0 Å². The summed E-state index contributed by atoms with van der Waals surface area (Å²) < 4.78 is 0. The van der Waals surface area contributed by atoms with Crippen LogP contribution >= 0.6 is 0 Å². The van der Waals surface area contributed by atoms with Crippen molar-refractivity contribution in [2.45, 2.75) is 51.6 Å². The van der Waals surface area contributed by atoms with E-state index >= 15 is 0 Å². The second-order valence-electron chi connectivity index (χ2n) is 4.56. The fourth-order valence-electron chi connectivity index (χ4n) is 2.07. The summed E-state index contributed by atoms with van der Waals surface area (Å²) in [5.74, 6) is -1.47. The van der Waals surface area contributed by atoms with Crippen molar-refractivity contribution < 1.29 is 19.5 Å². The second-order valence-corrected chi connectivity index (χ2v) is 4.56. The zero-order chi connectivity index (χ0) is 13.7. The molecule has 6 nitrogen and oxygen atoms in total. The van der Waals surface area contributed by atoms with Gasteiger partial charge in [0.05, 0.1) is 0 Å². The number of carboxylic acid groups (broad SMARTS) is 1. The van der Waals surface area contributed by atoms with E-state index < -0.39 is 18.1 Å². The Hall–Kier alpha value is -1.59. The van der Waals surface area contributed by atoms with Gasteiger partial charge in [0.15, 0.2) is 0 Å². The zero-order valence-electron chi connectivity index (χ0n) is 10.8. The van der Waals surface area contributed by atoms with Gasteiger partial charge in [-0.3, -0.25) is 14.4 Å². The number of carbonyl (C=O) groups excluding carboxylic acids is 2. The molecular formula is C12H20N2O4. The van der Waals surface area contributed by atoms with Crippen molar-refractivity contribution in [2.75, 3.05) is 6.54 Å². The van der Waals surface area contributed by atoms with Crippen molar-refractivity contribution in [3.63, 3.8) is 0 Å². The normalized spacial score (nSPS) is 20.6. The van der Waals surface area contributed by atoms with Gasteiger partial charge in [-0.05, 0) is 26.2 Å². The Morgan fingerprint density at radius 3 is 2.67 bits per heavy atom. The maximum Gasteiger partial charge on any atom is 0.325 e. The summed E-state index contributed by atoms with van der Waals surface area (Å²) in [5.41, 5.74) is 0. The molecule has 102 valence electrons. The lowest BCUT2D eigenvalue weighted by atomic mass is 10.2. The Morgan fingerprint density at radius 2 is 2.11 bits per heavy atom. The summed E-state index contributed by atoms with van der Waals surface area (Å²) in [4.78, 5) is 36.0. The van der Waals surface area contributed by atoms with Gasteiger partial charge >= 0.3 is 5.97 Å². The first-order chi connectivity index (χ1) is 8.47. The number of nitrogens with one attached hydrogen (secondary N) is 1. The van der Waals surface area contributed by atoms with E-state index in [-0.39, 0.29) is 11.8 Å². The molecule has 2 atom stereocenters. The van der Waals surface area contributed by atoms with Crippen LogP contribution in [0.3, 0.4) is 0 Å². The topological polar surface area (TPSA) is 86.7 Å². The molecule has 0 spiro atoms. The number of amides is 2. The lowest BCUT2D eigenvalue weighted by molar-refractivity contribution is -0.143. The first kappa shape index (κ1) is 14.5. The minimum Gasteiger partial charge on any atom is -0.480 e. The number of carbonyl (C=O) groups is 3. The van der Waals surface area contributed by atoms with E-state index in [2.05, 4.69) is 5.32 Å². The van der Waals surface area contributed by atoms with Crippen LogP contribution in [0.4, 0.5) is 0 Å². The van der Waals surface area contributed by atoms with Crippen molar-refractivity contribution in [1.82, 2.24) is 10.2 Å². The van der Waals surface area contributed by atoms with Crippen molar-refractivity contribution in [3.8, 4) is 0 Å². The van der Waals surface area contributed by atoms with Gasteiger partial charge in [0.2, 0.25) is 11.8 Å². The van der Waals surface area contributed by atoms with Crippen LogP contribution in [0.5, 0.6) is 0 Å². The van der Waals surface area contributed by atoms with Crippen LogP contribution in [0.2, 0.25) is 0 Å². The van der Waals surface area contributed by atoms with Crippen molar-refractivity contribution in [2.24, 2.45) is 0 Å². The van der Waals surface area contributed by atoms with Crippen LogP contribution in [-0.4, -0.2) is 46.4 Å². The average molecular weight is 256 g/mol. The van der Waals surface area contributed by atoms with E-state index in [1.54, 1.807) is 4.90 Å². The molecule has 1 rings (SSSR count). The van der Waals surface area contributed by atoms with Gasteiger partial charge in [-0.15, -0.1) is 0 Å².